The minimum absolute atomic E-state index is 0.304. The molecule has 0 aliphatic rings. The Morgan fingerprint density at radius 2 is 2.07 bits per heavy atom. The van der Waals surface area contributed by atoms with Crippen LogP contribution in [0.4, 0.5) is 0 Å². The standard InChI is InChI=1S/C10H13BrO3/c1-12-7-14-6-8-3-4-9(13-2)5-10(8)11/h3-5H,6-7H2,1-2H3. The van der Waals surface area contributed by atoms with E-state index in [1.807, 2.05) is 18.2 Å². The maximum Gasteiger partial charge on any atom is 0.146 e. The van der Waals surface area contributed by atoms with Gasteiger partial charge in [-0.25, -0.2) is 0 Å². The summed E-state index contributed by atoms with van der Waals surface area (Å²) >= 11 is 3.44. The van der Waals surface area contributed by atoms with E-state index in [0.29, 0.717) is 13.4 Å². The van der Waals surface area contributed by atoms with Gasteiger partial charge < -0.3 is 14.2 Å². The lowest BCUT2D eigenvalue weighted by atomic mass is 10.2. The highest BCUT2D eigenvalue weighted by molar-refractivity contribution is 9.10. The number of rotatable bonds is 5. The fourth-order valence-corrected chi connectivity index (χ4v) is 1.48. The quantitative estimate of drug-likeness (QED) is 0.602. The van der Waals surface area contributed by atoms with Crippen molar-refractivity contribution in [1.29, 1.82) is 0 Å². The Hall–Kier alpha value is -0.580. The van der Waals surface area contributed by atoms with Gasteiger partial charge in [0.25, 0.3) is 0 Å². The molecule has 0 amide bonds. The summed E-state index contributed by atoms with van der Waals surface area (Å²) in [5, 5.41) is 0. The number of ether oxygens (including phenoxy) is 3. The summed E-state index contributed by atoms with van der Waals surface area (Å²) in [4.78, 5) is 0. The second-order valence-corrected chi connectivity index (χ2v) is 3.57. The predicted octanol–water partition coefficient (Wildman–Crippen LogP) is 2.58. The lowest BCUT2D eigenvalue weighted by molar-refractivity contribution is -0.0392. The lowest BCUT2D eigenvalue weighted by Gasteiger charge is -2.07. The lowest BCUT2D eigenvalue weighted by Crippen LogP contribution is -1.97. The van der Waals surface area contributed by atoms with Gasteiger partial charge in [0.2, 0.25) is 0 Å². The van der Waals surface area contributed by atoms with Gasteiger partial charge >= 0.3 is 0 Å². The average molecular weight is 261 g/mol. The first-order chi connectivity index (χ1) is 6.77. The molecule has 0 bridgehead atoms. The molecule has 1 aromatic carbocycles. The SMILES string of the molecule is COCOCc1ccc(OC)cc1Br. The van der Waals surface area contributed by atoms with Crippen molar-refractivity contribution < 1.29 is 14.2 Å². The van der Waals surface area contributed by atoms with Crippen molar-refractivity contribution in [3.63, 3.8) is 0 Å². The summed E-state index contributed by atoms with van der Waals surface area (Å²) in [7, 11) is 3.24. The second-order valence-electron chi connectivity index (χ2n) is 2.71. The number of benzene rings is 1. The van der Waals surface area contributed by atoms with E-state index in [9.17, 15) is 0 Å². The summed E-state index contributed by atoms with van der Waals surface area (Å²) in [5.74, 6) is 0.826. The van der Waals surface area contributed by atoms with E-state index < -0.39 is 0 Å². The fraction of sp³-hybridized carbons (Fsp3) is 0.400. The highest BCUT2D eigenvalue weighted by Gasteiger charge is 2.01. The topological polar surface area (TPSA) is 27.7 Å². The van der Waals surface area contributed by atoms with Crippen LogP contribution in [0.5, 0.6) is 5.75 Å². The Bertz CT molecular complexity index is 289. The molecule has 78 valence electrons. The van der Waals surface area contributed by atoms with Gasteiger partial charge in [0.15, 0.2) is 0 Å². The molecule has 0 aliphatic heterocycles. The van der Waals surface area contributed by atoms with E-state index in [-0.39, 0.29) is 0 Å². The Balaban J connectivity index is 2.59. The molecule has 0 fully saturated rings. The Morgan fingerprint density at radius 1 is 1.29 bits per heavy atom. The van der Waals surface area contributed by atoms with Crippen molar-refractivity contribution in [1.82, 2.24) is 0 Å². The van der Waals surface area contributed by atoms with Gasteiger partial charge in [-0.1, -0.05) is 22.0 Å². The fourth-order valence-electron chi connectivity index (χ4n) is 1.01. The monoisotopic (exact) mass is 260 g/mol. The van der Waals surface area contributed by atoms with Crippen molar-refractivity contribution in [2.45, 2.75) is 6.61 Å². The Labute approximate surface area is 92.1 Å². The smallest absolute Gasteiger partial charge is 0.146 e. The number of hydrogen-bond donors (Lipinski definition) is 0. The van der Waals surface area contributed by atoms with Crippen LogP contribution >= 0.6 is 15.9 Å². The average Bonchev–Trinajstić information content (AvgIpc) is 2.20. The first-order valence-electron chi connectivity index (χ1n) is 4.17. The number of hydrogen-bond acceptors (Lipinski definition) is 3. The maximum atomic E-state index is 5.23. The van der Waals surface area contributed by atoms with Gasteiger partial charge in [0, 0.05) is 11.6 Å². The molecule has 0 saturated heterocycles. The summed E-state index contributed by atoms with van der Waals surface area (Å²) in [6, 6.07) is 5.76. The molecule has 0 aliphatic carbocycles. The molecule has 14 heavy (non-hydrogen) atoms. The van der Waals surface area contributed by atoms with E-state index in [4.69, 9.17) is 14.2 Å². The third-order valence-corrected chi connectivity index (χ3v) is 2.46. The minimum Gasteiger partial charge on any atom is -0.497 e. The summed E-state index contributed by atoms with van der Waals surface area (Å²) in [6.07, 6.45) is 0. The van der Waals surface area contributed by atoms with Crippen LogP contribution < -0.4 is 4.74 Å². The first-order valence-corrected chi connectivity index (χ1v) is 4.96. The number of halogens is 1. The molecule has 4 heteroatoms. The van der Waals surface area contributed by atoms with E-state index in [2.05, 4.69) is 15.9 Å². The molecule has 1 rings (SSSR count). The first kappa shape index (κ1) is 11.5. The van der Waals surface area contributed by atoms with Crippen molar-refractivity contribution >= 4 is 15.9 Å². The molecule has 0 heterocycles. The van der Waals surface area contributed by atoms with Gasteiger partial charge in [-0.3, -0.25) is 0 Å². The molecular weight excluding hydrogens is 248 g/mol. The molecule has 1 aromatic rings. The molecule has 0 atom stereocenters. The third kappa shape index (κ3) is 3.29. The van der Waals surface area contributed by atoms with Gasteiger partial charge in [0.05, 0.1) is 13.7 Å². The zero-order valence-electron chi connectivity index (χ0n) is 8.25. The van der Waals surface area contributed by atoms with Crippen LogP contribution in [-0.4, -0.2) is 21.0 Å². The van der Waals surface area contributed by atoms with Crippen LogP contribution in [0.25, 0.3) is 0 Å². The molecule has 0 spiro atoms. The molecule has 3 nitrogen and oxygen atoms in total. The highest BCUT2D eigenvalue weighted by atomic mass is 79.9. The van der Waals surface area contributed by atoms with Crippen LogP contribution in [0.3, 0.4) is 0 Å². The predicted molar refractivity (Wildman–Crippen MR) is 57.4 cm³/mol. The summed E-state index contributed by atoms with van der Waals surface area (Å²) < 4.78 is 16.1. The third-order valence-electron chi connectivity index (χ3n) is 1.72. The van der Waals surface area contributed by atoms with Crippen molar-refractivity contribution in [3.8, 4) is 5.75 Å². The highest BCUT2D eigenvalue weighted by Crippen LogP contribution is 2.23. The van der Waals surface area contributed by atoms with Gasteiger partial charge in [-0.2, -0.15) is 0 Å². The second kappa shape index (κ2) is 6.01. The van der Waals surface area contributed by atoms with E-state index >= 15 is 0 Å². The van der Waals surface area contributed by atoms with E-state index in [0.717, 1.165) is 15.8 Å². The van der Waals surface area contributed by atoms with Gasteiger partial charge in [0.1, 0.15) is 12.5 Å². The van der Waals surface area contributed by atoms with E-state index in [1.54, 1.807) is 14.2 Å². The van der Waals surface area contributed by atoms with Crippen LogP contribution in [0, 0.1) is 0 Å². The Kier molecular flexibility index (Phi) is 4.93. The molecule has 0 N–H and O–H groups in total. The van der Waals surface area contributed by atoms with Crippen LogP contribution in [0.1, 0.15) is 5.56 Å². The van der Waals surface area contributed by atoms with Crippen molar-refractivity contribution in [3.05, 3.63) is 28.2 Å². The summed E-state index contributed by atoms with van der Waals surface area (Å²) in [5.41, 5.74) is 1.07. The van der Waals surface area contributed by atoms with E-state index in [1.165, 1.54) is 0 Å². The summed E-state index contributed by atoms with van der Waals surface area (Å²) in [6.45, 7) is 0.830. The van der Waals surface area contributed by atoms with Gasteiger partial charge in [-0.15, -0.1) is 0 Å². The molecule has 0 radical (unpaired) electrons. The molecule has 0 aromatic heterocycles. The van der Waals surface area contributed by atoms with Crippen LogP contribution in [-0.2, 0) is 16.1 Å². The molecule has 0 unspecified atom stereocenters. The van der Waals surface area contributed by atoms with Gasteiger partial charge in [-0.05, 0) is 17.7 Å². The zero-order chi connectivity index (χ0) is 10.4. The van der Waals surface area contributed by atoms with Crippen molar-refractivity contribution in [2.24, 2.45) is 0 Å². The normalized spacial score (nSPS) is 10.2. The largest absolute Gasteiger partial charge is 0.497 e. The van der Waals surface area contributed by atoms with Crippen LogP contribution in [0.15, 0.2) is 22.7 Å². The zero-order valence-corrected chi connectivity index (χ0v) is 9.83. The minimum atomic E-state index is 0.304. The number of methoxy groups -OCH3 is 2. The van der Waals surface area contributed by atoms with Crippen molar-refractivity contribution in [2.75, 3.05) is 21.0 Å². The van der Waals surface area contributed by atoms with Crippen LogP contribution in [0.2, 0.25) is 0 Å². The maximum absolute atomic E-state index is 5.23. The molecule has 0 saturated carbocycles. The molecular formula is C10H13BrO3. The Morgan fingerprint density at radius 3 is 2.64 bits per heavy atom.